The summed E-state index contributed by atoms with van der Waals surface area (Å²) in [4.78, 5) is 12.4. The van der Waals surface area contributed by atoms with Crippen LogP contribution in [-0.4, -0.2) is 25.1 Å². The number of carbonyl (C=O) groups is 1. The third kappa shape index (κ3) is 3.48. The molecule has 5 nitrogen and oxygen atoms in total. The van der Waals surface area contributed by atoms with Gasteiger partial charge in [0.05, 0.1) is 15.9 Å². The van der Waals surface area contributed by atoms with E-state index in [0.29, 0.717) is 22.9 Å². The van der Waals surface area contributed by atoms with Crippen molar-refractivity contribution in [2.24, 2.45) is 5.73 Å². The van der Waals surface area contributed by atoms with Crippen molar-refractivity contribution in [1.29, 1.82) is 0 Å². The standard InChI is InChI=1S/C24H23N2O3S/c1-15(2)17-9-12-19-22(13-17)26(21-6-4-5-20(23(19)21)24(25)27)14-16-7-10-18(11-8-16)30(3,28)29/h4-11,13,15H,14H2,1-3H3,(H2,25,27). The van der Waals surface area contributed by atoms with Crippen molar-refractivity contribution in [1.82, 2.24) is 4.57 Å². The van der Waals surface area contributed by atoms with Crippen molar-refractivity contribution in [3.63, 3.8) is 0 Å². The highest BCUT2D eigenvalue weighted by Crippen LogP contribution is 2.34. The van der Waals surface area contributed by atoms with Crippen LogP contribution >= 0.6 is 0 Å². The second kappa shape index (κ2) is 7.29. The molecule has 0 unspecified atom stereocenters. The second-order valence-corrected chi connectivity index (χ2v) is 9.93. The van der Waals surface area contributed by atoms with Gasteiger partial charge in [-0.2, -0.15) is 0 Å². The molecule has 1 amide bonds. The fraction of sp³-hybridized carbons (Fsp3) is 0.208. The second-order valence-electron chi connectivity index (χ2n) is 7.91. The Morgan fingerprint density at radius 3 is 2.40 bits per heavy atom. The summed E-state index contributed by atoms with van der Waals surface area (Å²) < 4.78 is 25.7. The van der Waals surface area contributed by atoms with Crippen molar-refractivity contribution in [3.05, 3.63) is 77.4 Å². The van der Waals surface area contributed by atoms with Gasteiger partial charge in [0.25, 0.3) is 0 Å². The van der Waals surface area contributed by atoms with Gasteiger partial charge in [0, 0.05) is 29.1 Å². The molecule has 2 N–H and O–H groups in total. The van der Waals surface area contributed by atoms with E-state index >= 15 is 0 Å². The van der Waals surface area contributed by atoms with Crippen LogP contribution in [0.2, 0.25) is 0 Å². The van der Waals surface area contributed by atoms with Gasteiger partial charge in [0.1, 0.15) is 0 Å². The molecule has 0 saturated carbocycles. The average molecular weight is 420 g/mol. The van der Waals surface area contributed by atoms with Gasteiger partial charge in [-0.05, 0) is 53.4 Å². The molecular weight excluding hydrogens is 396 g/mol. The van der Waals surface area contributed by atoms with Gasteiger partial charge in [-0.25, -0.2) is 8.42 Å². The van der Waals surface area contributed by atoms with E-state index in [4.69, 9.17) is 5.73 Å². The summed E-state index contributed by atoms with van der Waals surface area (Å²) in [5.41, 5.74) is 10.1. The van der Waals surface area contributed by atoms with E-state index in [0.717, 1.165) is 32.9 Å². The number of amides is 1. The molecule has 1 heterocycles. The molecule has 1 aromatic heterocycles. The van der Waals surface area contributed by atoms with Crippen LogP contribution in [0.4, 0.5) is 0 Å². The summed E-state index contributed by atoms with van der Waals surface area (Å²) in [5.74, 6) is -0.139. The highest BCUT2D eigenvalue weighted by atomic mass is 32.2. The molecule has 0 bridgehead atoms. The maximum atomic E-state index is 12.1. The Bertz CT molecular complexity index is 1380. The Hall–Kier alpha value is -3.12. The third-order valence-corrected chi connectivity index (χ3v) is 6.57. The molecular formula is C24H23N2O3S. The molecule has 0 spiro atoms. The molecule has 3 aromatic carbocycles. The minimum absolute atomic E-state index is 0.292. The topological polar surface area (TPSA) is 82.2 Å². The van der Waals surface area contributed by atoms with Gasteiger partial charge < -0.3 is 10.3 Å². The van der Waals surface area contributed by atoms with E-state index in [9.17, 15) is 13.2 Å². The predicted molar refractivity (Wildman–Crippen MR) is 120 cm³/mol. The number of hydrogen-bond acceptors (Lipinski definition) is 3. The van der Waals surface area contributed by atoms with Gasteiger partial charge >= 0.3 is 0 Å². The van der Waals surface area contributed by atoms with Gasteiger partial charge in [0.15, 0.2) is 9.84 Å². The predicted octanol–water partition coefficient (Wildman–Crippen LogP) is 4.27. The molecule has 0 aliphatic rings. The maximum absolute atomic E-state index is 12.1. The lowest BCUT2D eigenvalue weighted by Gasteiger charge is -2.10. The zero-order valence-electron chi connectivity index (χ0n) is 17.1. The van der Waals surface area contributed by atoms with Gasteiger partial charge in [-0.15, -0.1) is 0 Å². The minimum Gasteiger partial charge on any atom is -0.366 e. The van der Waals surface area contributed by atoms with E-state index in [-0.39, 0.29) is 0 Å². The van der Waals surface area contributed by atoms with Crippen molar-refractivity contribution >= 4 is 37.6 Å². The highest BCUT2D eigenvalue weighted by Gasteiger charge is 2.18. The first-order valence-electron chi connectivity index (χ1n) is 9.72. The molecule has 153 valence electrons. The molecule has 0 atom stereocenters. The molecule has 1 radical (unpaired) electrons. The van der Waals surface area contributed by atoms with Gasteiger partial charge in [0.2, 0.25) is 5.91 Å². The van der Waals surface area contributed by atoms with Crippen LogP contribution in [-0.2, 0) is 16.4 Å². The number of rotatable bonds is 5. The Balaban J connectivity index is 1.95. The Labute approximate surface area is 176 Å². The minimum atomic E-state index is -3.24. The molecule has 0 saturated heterocycles. The zero-order valence-corrected chi connectivity index (χ0v) is 18.0. The van der Waals surface area contributed by atoms with E-state index in [1.807, 2.05) is 30.3 Å². The first-order valence-corrected chi connectivity index (χ1v) is 11.6. The number of aromatic nitrogens is 1. The van der Waals surface area contributed by atoms with Crippen LogP contribution in [0.15, 0.2) is 59.5 Å². The summed E-state index contributed by atoms with van der Waals surface area (Å²) in [6.07, 6.45) is 1.20. The number of primary amides is 1. The van der Waals surface area contributed by atoms with Crippen LogP contribution in [0.5, 0.6) is 0 Å². The summed E-state index contributed by atoms with van der Waals surface area (Å²) in [5, 5.41) is 1.65. The van der Waals surface area contributed by atoms with Gasteiger partial charge in [-0.3, -0.25) is 4.79 Å². The summed E-state index contributed by atoms with van der Waals surface area (Å²) in [6, 6.07) is 19.9. The number of hydrogen-bond donors (Lipinski definition) is 1. The monoisotopic (exact) mass is 419 g/mol. The van der Waals surface area contributed by atoms with Crippen LogP contribution in [0.25, 0.3) is 21.8 Å². The van der Waals surface area contributed by atoms with E-state index in [2.05, 4.69) is 30.5 Å². The Kier molecular flexibility index (Phi) is 4.90. The fourth-order valence-electron chi connectivity index (χ4n) is 3.81. The first-order chi connectivity index (χ1) is 14.2. The first kappa shape index (κ1) is 20.2. The Morgan fingerprint density at radius 1 is 1.10 bits per heavy atom. The molecule has 4 aromatic rings. The lowest BCUT2D eigenvalue weighted by atomic mass is 10.00. The number of carbonyl (C=O) groups excluding carboxylic acids is 1. The van der Waals surface area contributed by atoms with Crippen LogP contribution in [0, 0.1) is 6.07 Å². The number of benzene rings is 3. The highest BCUT2D eigenvalue weighted by molar-refractivity contribution is 7.90. The number of fused-ring (bicyclic) bond motifs is 3. The van der Waals surface area contributed by atoms with E-state index in [1.54, 1.807) is 18.2 Å². The third-order valence-electron chi connectivity index (χ3n) is 5.44. The fourth-order valence-corrected chi connectivity index (χ4v) is 4.44. The van der Waals surface area contributed by atoms with Crippen molar-refractivity contribution < 1.29 is 13.2 Å². The van der Waals surface area contributed by atoms with E-state index in [1.165, 1.54) is 6.26 Å². The largest absolute Gasteiger partial charge is 0.366 e. The lowest BCUT2D eigenvalue weighted by molar-refractivity contribution is 0.100. The summed E-state index contributed by atoms with van der Waals surface area (Å²) in [7, 11) is -3.24. The van der Waals surface area contributed by atoms with Crippen LogP contribution < -0.4 is 5.73 Å². The van der Waals surface area contributed by atoms with Crippen LogP contribution in [0.1, 0.15) is 41.3 Å². The van der Waals surface area contributed by atoms with E-state index < -0.39 is 15.7 Å². The molecule has 0 aliphatic heterocycles. The molecule has 30 heavy (non-hydrogen) atoms. The summed E-state index contributed by atoms with van der Waals surface area (Å²) >= 11 is 0. The number of nitrogens with zero attached hydrogens (tertiary/aromatic N) is 1. The van der Waals surface area contributed by atoms with Crippen LogP contribution in [0.3, 0.4) is 0 Å². The SMILES string of the molecule is CC(C)c1c[c]c2c3c(C(N)=O)cccc3n(Cc3ccc(S(C)(=O)=O)cc3)c2c1. The molecule has 0 fully saturated rings. The van der Waals surface area contributed by atoms with Crippen molar-refractivity contribution in [2.75, 3.05) is 6.26 Å². The van der Waals surface area contributed by atoms with Crippen molar-refractivity contribution in [3.8, 4) is 0 Å². The normalized spacial score (nSPS) is 12.1. The average Bonchev–Trinajstić information content (AvgIpc) is 3.01. The zero-order chi connectivity index (χ0) is 21.6. The molecule has 4 rings (SSSR count). The summed E-state index contributed by atoms with van der Waals surface area (Å²) in [6.45, 7) is 4.78. The number of sulfone groups is 1. The lowest BCUT2D eigenvalue weighted by Crippen LogP contribution is -2.11. The maximum Gasteiger partial charge on any atom is 0.249 e. The Morgan fingerprint density at radius 2 is 1.80 bits per heavy atom. The van der Waals surface area contributed by atoms with Crippen molar-refractivity contribution in [2.45, 2.75) is 31.2 Å². The molecule has 6 heteroatoms. The molecule has 0 aliphatic carbocycles. The van der Waals surface area contributed by atoms with Gasteiger partial charge in [-0.1, -0.05) is 38.1 Å². The smallest absolute Gasteiger partial charge is 0.249 e. The number of nitrogens with two attached hydrogens (primary N) is 1. The quantitative estimate of drug-likeness (QED) is 0.524.